The van der Waals surface area contributed by atoms with E-state index < -0.39 is 5.60 Å². The van der Waals surface area contributed by atoms with Crippen molar-refractivity contribution in [3.05, 3.63) is 18.1 Å². The number of alkyl carbamates (subject to hydrolysis) is 1. The van der Waals surface area contributed by atoms with Crippen molar-refractivity contribution >= 4 is 11.9 Å². The van der Waals surface area contributed by atoms with Gasteiger partial charge in [-0.15, -0.1) is 0 Å². The molecule has 0 saturated heterocycles. The standard InChI is InChI=1S/C13H22N4O2/c1-10-8-14-9-11(17-10)15-6-5-7-16-12(18)19-13(2,3)4/h8-9H,5-7H2,1-4H3,(H,15,17)(H,16,18). The molecule has 0 saturated carbocycles. The van der Waals surface area contributed by atoms with Crippen LogP contribution in [-0.4, -0.2) is 34.8 Å². The summed E-state index contributed by atoms with van der Waals surface area (Å²) in [7, 11) is 0. The van der Waals surface area contributed by atoms with Crippen molar-refractivity contribution in [3.63, 3.8) is 0 Å². The molecule has 1 aromatic rings. The van der Waals surface area contributed by atoms with Crippen molar-refractivity contribution in [3.8, 4) is 0 Å². The van der Waals surface area contributed by atoms with Gasteiger partial charge in [0, 0.05) is 19.3 Å². The van der Waals surface area contributed by atoms with Gasteiger partial charge >= 0.3 is 6.09 Å². The summed E-state index contributed by atoms with van der Waals surface area (Å²) in [5, 5.41) is 5.84. The number of nitrogens with one attached hydrogen (secondary N) is 2. The lowest BCUT2D eigenvalue weighted by Crippen LogP contribution is -2.33. The van der Waals surface area contributed by atoms with Gasteiger partial charge in [-0.05, 0) is 34.1 Å². The van der Waals surface area contributed by atoms with Gasteiger partial charge in [0.2, 0.25) is 0 Å². The molecule has 1 amide bonds. The summed E-state index contributed by atoms with van der Waals surface area (Å²) < 4.78 is 5.13. The Bertz CT molecular complexity index is 415. The van der Waals surface area contributed by atoms with Crippen LogP contribution in [0.3, 0.4) is 0 Å². The van der Waals surface area contributed by atoms with Crippen LogP contribution in [0.15, 0.2) is 12.4 Å². The van der Waals surface area contributed by atoms with E-state index in [1.807, 2.05) is 27.7 Å². The van der Waals surface area contributed by atoms with Crippen LogP contribution < -0.4 is 10.6 Å². The molecular formula is C13H22N4O2. The molecular weight excluding hydrogens is 244 g/mol. The number of ether oxygens (including phenoxy) is 1. The van der Waals surface area contributed by atoms with Gasteiger partial charge in [-0.25, -0.2) is 9.78 Å². The third-order valence-corrected chi connectivity index (χ3v) is 2.08. The average Bonchev–Trinajstić information content (AvgIpc) is 2.26. The molecule has 0 unspecified atom stereocenters. The van der Waals surface area contributed by atoms with Gasteiger partial charge in [-0.3, -0.25) is 4.98 Å². The lowest BCUT2D eigenvalue weighted by atomic mass is 10.2. The van der Waals surface area contributed by atoms with Crippen LogP contribution in [0.2, 0.25) is 0 Å². The van der Waals surface area contributed by atoms with E-state index in [-0.39, 0.29) is 6.09 Å². The molecule has 2 N–H and O–H groups in total. The second kappa shape index (κ2) is 6.92. The maximum Gasteiger partial charge on any atom is 0.407 e. The lowest BCUT2D eigenvalue weighted by molar-refractivity contribution is 0.0528. The number of hydrogen-bond acceptors (Lipinski definition) is 5. The fourth-order valence-corrected chi connectivity index (χ4v) is 1.36. The van der Waals surface area contributed by atoms with Crippen LogP contribution in [0.5, 0.6) is 0 Å². The van der Waals surface area contributed by atoms with Gasteiger partial charge in [0.05, 0.1) is 11.9 Å². The second-order valence-corrected chi connectivity index (χ2v) is 5.25. The quantitative estimate of drug-likeness (QED) is 0.798. The summed E-state index contributed by atoms with van der Waals surface area (Å²) in [6, 6.07) is 0. The number of amides is 1. The highest BCUT2D eigenvalue weighted by molar-refractivity contribution is 5.67. The van der Waals surface area contributed by atoms with E-state index in [4.69, 9.17) is 4.74 Å². The first kappa shape index (κ1) is 15.2. The predicted molar refractivity (Wildman–Crippen MR) is 74.1 cm³/mol. The summed E-state index contributed by atoms with van der Waals surface area (Å²) in [6.45, 7) is 8.68. The number of nitrogens with zero attached hydrogens (tertiary/aromatic N) is 2. The summed E-state index contributed by atoms with van der Waals surface area (Å²) in [4.78, 5) is 19.7. The Morgan fingerprint density at radius 1 is 1.32 bits per heavy atom. The molecule has 19 heavy (non-hydrogen) atoms. The first-order chi connectivity index (χ1) is 8.87. The largest absolute Gasteiger partial charge is 0.444 e. The molecule has 0 aromatic carbocycles. The molecule has 0 aliphatic heterocycles. The monoisotopic (exact) mass is 266 g/mol. The molecule has 0 fully saturated rings. The van der Waals surface area contributed by atoms with Crippen LogP contribution in [0.4, 0.5) is 10.6 Å². The van der Waals surface area contributed by atoms with Crippen LogP contribution in [-0.2, 0) is 4.74 Å². The molecule has 6 nitrogen and oxygen atoms in total. The zero-order valence-electron chi connectivity index (χ0n) is 12.0. The molecule has 0 bridgehead atoms. The van der Waals surface area contributed by atoms with E-state index >= 15 is 0 Å². The molecule has 0 radical (unpaired) electrons. The lowest BCUT2D eigenvalue weighted by Gasteiger charge is -2.19. The van der Waals surface area contributed by atoms with Crippen molar-refractivity contribution in [2.75, 3.05) is 18.4 Å². The van der Waals surface area contributed by atoms with Crippen LogP contribution >= 0.6 is 0 Å². The van der Waals surface area contributed by atoms with Crippen molar-refractivity contribution in [2.24, 2.45) is 0 Å². The van der Waals surface area contributed by atoms with Crippen molar-refractivity contribution in [1.29, 1.82) is 0 Å². The maximum absolute atomic E-state index is 11.4. The topological polar surface area (TPSA) is 76.1 Å². The Kier molecular flexibility index (Phi) is 5.54. The number of aromatic nitrogens is 2. The normalized spacial score (nSPS) is 10.9. The highest BCUT2D eigenvalue weighted by Crippen LogP contribution is 2.06. The second-order valence-electron chi connectivity index (χ2n) is 5.25. The minimum Gasteiger partial charge on any atom is -0.444 e. The van der Waals surface area contributed by atoms with E-state index in [1.165, 1.54) is 0 Å². The van der Waals surface area contributed by atoms with Crippen molar-refractivity contribution in [1.82, 2.24) is 15.3 Å². The first-order valence-electron chi connectivity index (χ1n) is 6.36. The summed E-state index contributed by atoms with van der Waals surface area (Å²) in [5.41, 5.74) is 0.413. The molecule has 0 aliphatic rings. The minimum absolute atomic E-state index is 0.386. The highest BCUT2D eigenvalue weighted by Gasteiger charge is 2.15. The number of rotatable bonds is 5. The maximum atomic E-state index is 11.4. The fourth-order valence-electron chi connectivity index (χ4n) is 1.36. The first-order valence-corrected chi connectivity index (χ1v) is 6.36. The van der Waals surface area contributed by atoms with E-state index in [1.54, 1.807) is 12.4 Å². The van der Waals surface area contributed by atoms with Crippen LogP contribution in [0.25, 0.3) is 0 Å². The molecule has 1 heterocycles. The van der Waals surface area contributed by atoms with E-state index in [0.717, 1.165) is 17.9 Å². The zero-order chi connectivity index (χ0) is 14.3. The van der Waals surface area contributed by atoms with E-state index in [9.17, 15) is 4.79 Å². The highest BCUT2D eigenvalue weighted by atomic mass is 16.6. The average molecular weight is 266 g/mol. The molecule has 1 aromatic heterocycles. The van der Waals surface area contributed by atoms with Gasteiger partial charge in [-0.1, -0.05) is 0 Å². The summed E-state index contributed by atoms with van der Waals surface area (Å²) in [6.07, 6.45) is 3.78. The van der Waals surface area contributed by atoms with Gasteiger partial charge in [-0.2, -0.15) is 0 Å². The molecule has 106 valence electrons. The Labute approximate surface area is 114 Å². The van der Waals surface area contributed by atoms with Crippen molar-refractivity contribution in [2.45, 2.75) is 39.7 Å². The van der Waals surface area contributed by atoms with Gasteiger partial charge in [0.15, 0.2) is 0 Å². The molecule has 0 atom stereocenters. The van der Waals surface area contributed by atoms with E-state index in [2.05, 4.69) is 20.6 Å². The third-order valence-electron chi connectivity index (χ3n) is 2.08. The minimum atomic E-state index is -0.459. The Morgan fingerprint density at radius 3 is 2.68 bits per heavy atom. The van der Waals surface area contributed by atoms with Crippen LogP contribution in [0, 0.1) is 6.92 Å². The number of carbonyl (C=O) groups is 1. The Morgan fingerprint density at radius 2 is 2.05 bits per heavy atom. The molecule has 0 spiro atoms. The number of anilines is 1. The number of carbonyl (C=O) groups excluding carboxylic acids is 1. The third kappa shape index (κ3) is 7.23. The van der Waals surface area contributed by atoms with Gasteiger partial charge in [0.25, 0.3) is 0 Å². The van der Waals surface area contributed by atoms with Gasteiger partial charge < -0.3 is 15.4 Å². The predicted octanol–water partition coefficient (Wildman–Crippen LogP) is 2.11. The van der Waals surface area contributed by atoms with Crippen LogP contribution in [0.1, 0.15) is 32.9 Å². The molecule has 1 rings (SSSR count). The fraction of sp³-hybridized carbons (Fsp3) is 0.615. The van der Waals surface area contributed by atoms with Crippen molar-refractivity contribution < 1.29 is 9.53 Å². The van der Waals surface area contributed by atoms with Gasteiger partial charge in [0.1, 0.15) is 11.4 Å². The Hall–Kier alpha value is -1.85. The molecule has 6 heteroatoms. The summed E-state index contributed by atoms with van der Waals surface area (Å²) >= 11 is 0. The summed E-state index contributed by atoms with van der Waals surface area (Å²) in [5.74, 6) is 0.747. The SMILES string of the molecule is Cc1cncc(NCCCNC(=O)OC(C)(C)C)n1. The zero-order valence-corrected chi connectivity index (χ0v) is 12.0. The van der Waals surface area contributed by atoms with E-state index in [0.29, 0.717) is 13.1 Å². The number of hydrogen-bond donors (Lipinski definition) is 2. The number of aryl methyl sites for hydroxylation is 1. The molecule has 0 aliphatic carbocycles. The Balaban J connectivity index is 2.13. The smallest absolute Gasteiger partial charge is 0.407 e.